The Morgan fingerprint density at radius 2 is 2.15 bits per heavy atom. The molecule has 0 bridgehead atoms. The van der Waals surface area contributed by atoms with Crippen molar-refractivity contribution in [3.63, 3.8) is 0 Å². The van der Waals surface area contributed by atoms with Crippen molar-refractivity contribution in [2.75, 3.05) is 18.9 Å². The fourth-order valence-corrected chi connectivity index (χ4v) is 2.87. The van der Waals surface area contributed by atoms with Crippen molar-refractivity contribution in [1.82, 2.24) is 24.8 Å². The lowest BCUT2D eigenvalue weighted by atomic mass is 10.0. The van der Waals surface area contributed by atoms with Crippen LogP contribution in [-0.2, 0) is 4.79 Å². The number of pyridine rings is 1. The standard InChI is InChI=1S/C18H21ClN6O/c1-5-25(4)17(26)18(2,3)24-14-6-7-20-16(23-14)13-10-22-15-12(13)8-11(19)9-21-15/h6-10H,5H2,1-4H3,(H,21,22)(H,20,23,24). The number of hydrogen-bond donors (Lipinski definition) is 2. The fourth-order valence-electron chi connectivity index (χ4n) is 2.72. The summed E-state index contributed by atoms with van der Waals surface area (Å²) in [5.41, 5.74) is 0.724. The molecule has 0 aliphatic heterocycles. The van der Waals surface area contributed by atoms with Gasteiger partial charge in [0, 0.05) is 43.1 Å². The zero-order valence-corrected chi connectivity index (χ0v) is 15.9. The Labute approximate surface area is 156 Å². The molecule has 0 saturated heterocycles. The van der Waals surface area contributed by atoms with Gasteiger partial charge in [-0.05, 0) is 32.9 Å². The number of hydrogen-bond acceptors (Lipinski definition) is 5. The molecule has 0 saturated carbocycles. The zero-order chi connectivity index (χ0) is 18.9. The number of rotatable bonds is 5. The number of anilines is 1. The topological polar surface area (TPSA) is 86.8 Å². The average Bonchev–Trinajstić information content (AvgIpc) is 3.03. The van der Waals surface area contributed by atoms with Crippen LogP contribution in [0.15, 0.2) is 30.7 Å². The predicted octanol–water partition coefficient (Wildman–Crippen LogP) is 3.34. The number of fused-ring (bicyclic) bond motifs is 1. The highest BCUT2D eigenvalue weighted by molar-refractivity contribution is 6.31. The van der Waals surface area contributed by atoms with E-state index < -0.39 is 5.54 Å². The second kappa shape index (κ2) is 6.92. The molecular weight excluding hydrogens is 352 g/mol. The van der Waals surface area contributed by atoms with Crippen molar-refractivity contribution >= 4 is 34.4 Å². The normalized spacial score (nSPS) is 11.6. The molecule has 1 amide bonds. The van der Waals surface area contributed by atoms with Gasteiger partial charge in [-0.15, -0.1) is 0 Å². The maximum absolute atomic E-state index is 12.5. The van der Waals surface area contributed by atoms with E-state index in [1.54, 1.807) is 36.6 Å². The number of carbonyl (C=O) groups is 1. The molecule has 8 heteroatoms. The van der Waals surface area contributed by atoms with E-state index in [1.165, 1.54) is 0 Å². The number of H-pyrrole nitrogens is 1. The van der Waals surface area contributed by atoms with E-state index in [0.717, 1.165) is 10.9 Å². The number of halogens is 1. The Kier molecular flexibility index (Phi) is 4.82. The van der Waals surface area contributed by atoms with E-state index >= 15 is 0 Å². The fraction of sp³-hybridized carbons (Fsp3) is 0.333. The average molecular weight is 373 g/mol. The molecule has 3 aromatic rings. The van der Waals surface area contributed by atoms with Gasteiger partial charge < -0.3 is 15.2 Å². The van der Waals surface area contributed by atoms with Crippen molar-refractivity contribution in [2.24, 2.45) is 0 Å². The van der Waals surface area contributed by atoms with Gasteiger partial charge >= 0.3 is 0 Å². The Morgan fingerprint density at radius 3 is 2.88 bits per heavy atom. The second-order valence-electron chi connectivity index (χ2n) is 6.59. The van der Waals surface area contributed by atoms with Crippen LogP contribution < -0.4 is 5.32 Å². The first-order valence-electron chi connectivity index (χ1n) is 8.31. The van der Waals surface area contributed by atoms with Crippen LogP contribution in [0.25, 0.3) is 22.4 Å². The van der Waals surface area contributed by atoms with Gasteiger partial charge in [-0.3, -0.25) is 4.79 Å². The van der Waals surface area contributed by atoms with Gasteiger partial charge in [0.15, 0.2) is 5.82 Å². The summed E-state index contributed by atoms with van der Waals surface area (Å²) in [6, 6.07) is 3.56. The highest BCUT2D eigenvalue weighted by atomic mass is 35.5. The molecular formula is C18H21ClN6O. The number of nitrogens with zero attached hydrogens (tertiary/aromatic N) is 4. The van der Waals surface area contributed by atoms with E-state index in [4.69, 9.17) is 11.6 Å². The number of carbonyl (C=O) groups excluding carboxylic acids is 1. The van der Waals surface area contributed by atoms with E-state index in [-0.39, 0.29) is 5.91 Å². The largest absolute Gasteiger partial charge is 0.356 e. The third kappa shape index (κ3) is 3.48. The van der Waals surface area contributed by atoms with Crippen LogP contribution in [0.5, 0.6) is 0 Å². The van der Waals surface area contributed by atoms with Crippen LogP contribution in [0.4, 0.5) is 5.82 Å². The van der Waals surface area contributed by atoms with Gasteiger partial charge in [0.05, 0.1) is 5.02 Å². The molecule has 0 aliphatic rings. The summed E-state index contributed by atoms with van der Waals surface area (Å²) in [6.45, 7) is 6.24. The highest BCUT2D eigenvalue weighted by Gasteiger charge is 2.30. The second-order valence-corrected chi connectivity index (χ2v) is 7.02. The van der Waals surface area contributed by atoms with E-state index in [9.17, 15) is 4.79 Å². The first-order valence-corrected chi connectivity index (χ1v) is 8.69. The van der Waals surface area contributed by atoms with Crippen LogP contribution in [0.2, 0.25) is 5.02 Å². The zero-order valence-electron chi connectivity index (χ0n) is 15.2. The Hall–Kier alpha value is -2.67. The van der Waals surface area contributed by atoms with Gasteiger partial charge in [0.1, 0.15) is 17.0 Å². The molecule has 7 nitrogen and oxygen atoms in total. The lowest BCUT2D eigenvalue weighted by molar-refractivity contribution is -0.133. The Bertz CT molecular complexity index is 952. The molecule has 3 rings (SSSR count). The minimum Gasteiger partial charge on any atom is -0.356 e. The van der Waals surface area contributed by atoms with Gasteiger partial charge in [0.2, 0.25) is 5.91 Å². The van der Waals surface area contributed by atoms with Gasteiger partial charge in [-0.1, -0.05) is 11.6 Å². The molecule has 3 heterocycles. The summed E-state index contributed by atoms with van der Waals surface area (Å²) in [4.78, 5) is 30.4. The minimum absolute atomic E-state index is 0.0109. The Balaban J connectivity index is 1.93. The maximum atomic E-state index is 12.5. The van der Waals surface area contributed by atoms with Crippen LogP contribution >= 0.6 is 11.6 Å². The van der Waals surface area contributed by atoms with E-state index in [0.29, 0.717) is 28.9 Å². The summed E-state index contributed by atoms with van der Waals surface area (Å²) < 4.78 is 0. The molecule has 26 heavy (non-hydrogen) atoms. The van der Waals surface area contributed by atoms with Crippen molar-refractivity contribution in [3.05, 3.63) is 35.7 Å². The van der Waals surface area contributed by atoms with Crippen LogP contribution in [0, 0.1) is 0 Å². The van der Waals surface area contributed by atoms with Crippen molar-refractivity contribution in [2.45, 2.75) is 26.3 Å². The summed E-state index contributed by atoms with van der Waals surface area (Å²) in [5.74, 6) is 1.09. The van der Waals surface area contributed by atoms with Gasteiger partial charge in [-0.2, -0.15) is 0 Å². The molecule has 0 aromatic carbocycles. The number of amides is 1. The molecule has 0 fully saturated rings. The molecule has 0 atom stereocenters. The predicted molar refractivity (Wildman–Crippen MR) is 103 cm³/mol. The third-order valence-electron chi connectivity index (χ3n) is 4.19. The molecule has 2 N–H and O–H groups in total. The first kappa shape index (κ1) is 18.1. The summed E-state index contributed by atoms with van der Waals surface area (Å²) in [5, 5.41) is 4.59. The Morgan fingerprint density at radius 1 is 1.38 bits per heavy atom. The molecule has 136 valence electrons. The van der Waals surface area contributed by atoms with Crippen LogP contribution in [0.1, 0.15) is 20.8 Å². The number of aromatic amines is 1. The summed E-state index contributed by atoms with van der Waals surface area (Å²) >= 11 is 6.06. The molecule has 0 unspecified atom stereocenters. The van der Waals surface area contributed by atoms with Crippen molar-refractivity contribution in [3.8, 4) is 11.4 Å². The minimum atomic E-state index is -0.790. The SMILES string of the molecule is CCN(C)C(=O)C(C)(C)Nc1ccnc(-c2c[nH]c3ncc(Cl)cc23)n1. The van der Waals surface area contributed by atoms with Crippen LogP contribution in [-0.4, -0.2) is 49.9 Å². The molecule has 3 aromatic heterocycles. The highest BCUT2D eigenvalue weighted by Crippen LogP contribution is 2.28. The lowest BCUT2D eigenvalue weighted by Gasteiger charge is -2.30. The van der Waals surface area contributed by atoms with Crippen molar-refractivity contribution < 1.29 is 4.79 Å². The van der Waals surface area contributed by atoms with Gasteiger partial charge in [0.25, 0.3) is 0 Å². The smallest absolute Gasteiger partial charge is 0.247 e. The maximum Gasteiger partial charge on any atom is 0.247 e. The first-order chi connectivity index (χ1) is 12.3. The number of likely N-dealkylation sites (N-methyl/N-ethyl adjacent to an activating group) is 1. The number of nitrogens with one attached hydrogen (secondary N) is 2. The van der Waals surface area contributed by atoms with Crippen LogP contribution in [0.3, 0.4) is 0 Å². The van der Waals surface area contributed by atoms with E-state index in [1.807, 2.05) is 26.8 Å². The molecule has 0 spiro atoms. The molecule has 0 radical (unpaired) electrons. The van der Waals surface area contributed by atoms with E-state index in [2.05, 4.69) is 25.3 Å². The third-order valence-corrected chi connectivity index (χ3v) is 4.40. The van der Waals surface area contributed by atoms with Crippen molar-refractivity contribution in [1.29, 1.82) is 0 Å². The molecule has 0 aliphatic carbocycles. The summed E-state index contributed by atoms with van der Waals surface area (Å²) in [6.07, 6.45) is 5.04. The van der Waals surface area contributed by atoms with Gasteiger partial charge in [-0.25, -0.2) is 15.0 Å². The lowest BCUT2D eigenvalue weighted by Crippen LogP contribution is -2.48. The quantitative estimate of drug-likeness (QED) is 0.717. The summed E-state index contributed by atoms with van der Waals surface area (Å²) in [7, 11) is 1.78. The monoisotopic (exact) mass is 372 g/mol. The number of aromatic nitrogens is 4.